The summed E-state index contributed by atoms with van der Waals surface area (Å²) in [5.41, 5.74) is 1.32. The van der Waals surface area contributed by atoms with Crippen molar-refractivity contribution in [2.45, 2.75) is 6.54 Å². The highest BCUT2D eigenvalue weighted by Gasteiger charge is 2.11. The minimum atomic E-state index is -0.232. The van der Waals surface area contributed by atoms with Gasteiger partial charge in [0.2, 0.25) is 0 Å². The van der Waals surface area contributed by atoms with Crippen molar-refractivity contribution in [3.05, 3.63) is 59.5 Å². The van der Waals surface area contributed by atoms with Gasteiger partial charge in [-0.15, -0.1) is 11.3 Å². The molecular formula is C16H15N5O2S. The van der Waals surface area contributed by atoms with Crippen molar-refractivity contribution in [3.63, 3.8) is 0 Å². The molecule has 1 amide bonds. The molecule has 0 unspecified atom stereocenters. The molecule has 1 aromatic carbocycles. The van der Waals surface area contributed by atoms with Gasteiger partial charge in [0.05, 0.1) is 7.11 Å². The van der Waals surface area contributed by atoms with Gasteiger partial charge in [0, 0.05) is 18.1 Å². The molecule has 7 nitrogen and oxygen atoms in total. The number of nitrogens with one attached hydrogen (secondary N) is 2. The highest BCUT2D eigenvalue weighted by atomic mass is 32.1. The van der Waals surface area contributed by atoms with E-state index in [0.29, 0.717) is 23.2 Å². The third kappa shape index (κ3) is 4.05. The average Bonchev–Trinajstić information content (AvgIpc) is 3.09. The summed E-state index contributed by atoms with van der Waals surface area (Å²) >= 11 is 1.34. The Balaban J connectivity index is 1.59. The number of thiazole rings is 1. The third-order valence-corrected chi connectivity index (χ3v) is 3.90. The molecule has 0 spiro atoms. The smallest absolute Gasteiger partial charge is 0.271 e. The molecule has 3 rings (SSSR count). The van der Waals surface area contributed by atoms with E-state index < -0.39 is 0 Å². The van der Waals surface area contributed by atoms with Crippen molar-refractivity contribution >= 4 is 28.2 Å². The van der Waals surface area contributed by atoms with Gasteiger partial charge in [0.15, 0.2) is 5.13 Å². The number of carbonyl (C=O) groups is 1. The van der Waals surface area contributed by atoms with Crippen LogP contribution in [0.15, 0.2) is 48.2 Å². The lowest BCUT2D eigenvalue weighted by molar-refractivity contribution is 0.0946. The van der Waals surface area contributed by atoms with Crippen LogP contribution in [-0.4, -0.2) is 28.0 Å². The molecular weight excluding hydrogens is 326 g/mol. The van der Waals surface area contributed by atoms with Crippen LogP contribution in [0.5, 0.6) is 5.75 Å². The van der Waals surface area contributed by atoms with Gasteiger partial charge in [0.1, 0.15) is 23.6 Å². The molecule has 122 valence electrons. The van der Waals surface area contributed by atoms with E-state index in [2.05, 4.69) is 25.6 Å². The molecule has 0 aliphatic rings. The number of hydrogen-bond donors (Lipinski definition) is 2. The maximum atomic E-state index is 12.2. The zero-order valence-corrected chi connectivity index (χ0v) is 13.7. The first-order valence-corrected chi connectivity index (χ1v) is 8.02. The van der Waals surface area contributed by atoms with Crippen molar-refractivity contribution in [1.29, 1.82) is 0 Å². The Hall–Kier alpha value is -3.00. The van der Waals surface area contributed by atoms with Crippen LogP contribution in [-0.2, 0) is 6.54 Å². The zero-order chi connectivity index (χ0) is 16.8. The topological polar surface area (TPSA) is 89.0 Å². The molecule has 0 atom stereocenters. The molecule has 2 aromatic heterocycles. The average molecular weight is 341 g/mol. The number of benzene rings is 1. The van der Waals surface area contributed by atoms with E-state index in [4.69, 9.17) is 4.74 Å². The summed E-state index contributed by atoms with van der Waals surface area (Å²) in [4.78, 5) is 24.3. The number of methoxy groups -OCH3 is 1. The van der Waals surface area contributed by atoms with E-state index in [0.717, 1.165) is 11.3 Å². The number of anilines is 2. The summed E-state index contributed by atoms with van der Waals surface area (Å²) < 4.78 is 5.16. The predicted molar refractivity (Wildman–Crippen MR) is 91.6 cm³/mol. The zero-order valence-electron chi connectivity index (χ0n) is 12.9. The maximum absolute atomic E-state index is 12.2. The third-order valence-electron chi connectivity index (χ3n) is 3.14. The Morgan fingerprint density at radius 3 is 3.04 bits per heavy atom. The summed E-state index contributed by atoms with van der Waals surface area (Å²) in [6.07, 6.45) is 3.07. The molecule has 8 heteroatoms. The minimum Gasteiger partial charge on any atom is -0.497 e. The van der Waals surface area contributed by atoms with Crippen LogP contribution < -0.4 is 15.4 Å². The van der Waals surface area contributed by atoms with Gasteiger partial charge in [-0.05, 0) is 23.8 Å². The fourth-order valence-electron chi connectivity index (χ4n) is 1.96. The van der Waals surface area contributed by atoms with Crippen LogP contribution in [0.2, 0.25) is 0 Å². The molecule has 24 heavy (non-hydrogen) atoms. The lowest BCUT2D eigenvalue weighted by Crippen LogP contribution is -2.23. The number of nitrogens with zero attached hydrogens (tertiary/aromatic N) is 3. The highest BCUT2D eigenvalue weighted by molar-refractivity contribution is 7.14. The summed E-state index contributed by atoms with van der Waals surface area (Å²) in [6, 6.07) is 9.27. The van der Waals surface area contributed by atoms with Gasteiger partial charge in [0.25, 0.3) is 5.91 Å². The number of hydrogen-bond acceptors (Lipinski definition) is 7. The second-order valence-corrected chi connectivity index (χ2v) is 5.65. The summed E-state index contributed by atoms with van der Waals surface area (Å²) in [5.74, 6) is 1.15. The first kappa shape index (κ1) is 15.9. The Kier molecular flexibility index (Phi) is 4.97. The van der Waals surface area contributed by atoms with Gasteiger partial charge >= 0.3 is 0 Å². The number of carbonyl (C=O) groups excluding carboxylic acids is 1. The van der Waals surface area contributed by atoms with E-state index in [9.17, 15) is 4.79 Å². The molecule has 0 saturated heterocycles. The summed E-state index contributed by atoms with van der Waals surface area (Å²) in [7, 11) is 1.61. The first-order chi connectivity index (χ1) is 11.7. The van der Waals surface area contributed by atoms with Crippen LogP contribution in [0.1, 0.15) is 16.1 Å². The molecule has 0 aliphatic carbocycles. The van der Waals surface area contributed by atoms with Crippen LogP contribution in [0, 0.1) is 0 Å². The maximum Gasteiger partial charge on any atom is 0.271 e. The SMILES string of the molecule is COc1cccc(CNC(=O)c2csc(Nc3ccncn3)n2)c1. The van der Waals surface area contributed by atoms with E-state index in [1.54, 1.807) is 24.8 Å². The molecule has 0 aliphatic heterocycles. The molecule has 2 heterocycles. The molecule has 0 bridgehead atoms. The van der Waals surface area contributed by atoms with Gasteiger partial charge in [-0.1, -0.05) is 12.1 Å². The molecule has 0 fully saturated rings. The first-order valence-electron chi connectivity index (χ1n) is 7.14. The van der Waals surface area contributed by atoms with Gasteiger partial charge in [-0.25, -0.2) is 15.0 Å². The van der Waals surface area contributed by atoms with Gasteiger partial charge < -0.3 is 15.4 Å². The quantitative estimate of drug-likeness (QED) is 0.716. The van der Waals surface area contributed by atoms with E-state index in [1.165, 1.54) is 17.7 Å². The Morgan fingerprint density at radius 2 is 2.25 bits per heavy atom. The van der Waals surface area contributed by atoms with Crippen LogP contribution in [0.4, 0.5) is 10.9 Å². The van der Waals surface area contributed by atoms with Crippen molar-refractivity contribution in [2.75, 3.05) is 12.4 Å². The van der Waals surface area contributed by atoms with Gasteiger partial charge in [-0.3, -0.25) is 4.79 Å². The number of ether oxygens (including phenoxy) is 1. The van der Waals surface area contributed by atoms with Crippen LogP contribution in [0.3, 0.4) is 0 Å². The minimum absolute atomic E-state index is 0.232. The Morgan fingerprint density at radius 1 is 1.33 bits per heavy atom. The standard InChI is InChI=1S/C16H15N5O2S/c1-23-12-4-2-3-11(7-12)8-18-15(22)13-9-24-16(20-13)21-14-5-6-17-10-19-14/h2-7,9-10H,8H2,1H3,(H,18,22)(H,17,19,20,21). The monoisotopic (exact) mass is 341 g/mol. The Labute approximate surface area is 142 Å². The van der Waals surface area contributed by atoms with Crippen molar-refractivity contribution in [1.82, 2.24) is 20.3 Å². The van der Waals surface area contributed by atoms with E-state index >= 15 is 0 Å². The van der Waals surface area contributed by atoms with Crippen molar-refractivity contribution in [2.24, 2.45) is 0 Å². The second kappa shape index (κ2) is 7.51. The van der Waals surface area contributed by atoms with E-state index in [-0.39, 0.29) is 5.91 Å². The molecule has 2 N–H and O–H groups in total. The molecule has 3 aromatic rings. The lowest BCUT2D eigenvalue weighted by atomic mass is 10.2. The van der Waals surface area contributed by atoms with Gasteiger partial charge in [-0.2, -0.15) is 0 Å². The highest BCUT2D eigenvalue weighted by Crippen LogP contribution is 2.19. The van der Waals surface area contributed by atoms with Crippen molar-refractivity contribution in [3.8, 4) is 5.75 Å². The predicted octanol–water partition coefficient (Wildman–Crippen LogP) is 2.62. The van der Waals surface area contributed by atoms with Crippen LogP contribution >= 0.6 is 11.3 Å². The normalized spacial score (nSPS) is 10.2. The largest absolute Gasteiger partial charge is 0.497 e. The number of rotatable bonds is 6. The summed E-state index contributed by atoms with van der Waals surface area (Å²) in [6.45, 7) is 0.405. The summed E-state index contributed by atoms with van der Waals surface area (Å²) in [5, 5.41) is 8.16. The Bertz CT molecular complexity index is 822. The van der Waals surface area contributed by atoms with E-state index in [1.807, 2.05) is 24.3 Å². The lowest BCUT2D eigenvalue weighted by Gasteiger charge is -2.05. The molecule has 0 radical (unpaired) electrons. The van der Waals surface area contributed by atoms with Crippen LogP contribution in [0.25, 0.3) is 0 Å². The fraction of sp³-hybridized carbons (Fsp3) is 0.125. The number of amides is 1. The fourth-order valence-corrected chi connectivity index (χ4v) is 2.66. The molecule has 0 saturated carbocycles. The van der Waals surface area contributed by atoms with Crippen molar-refractivity contribution < 1.29 is 9.53 Å². The number of aromatic nitrogens is 3. The second-order valence-electron chi connectivity index (χ2n) is 4.79.